The molecule has 0 aliphatic rings. The normalized spacial score (nSPS) is 13.3. The quantitative estimate of drug-likeness (QED) is 0.475. The Hall–Kier alpha value is -1.34. The predicted molar refractivity (Wildman–Crippen MR) is 63.3 cm³/mol. The van der Waals surface area contributed by atoms with Crippen LogP contribution in [0.4, 0.5) is 18.9 Å². The summed E-state index contributed by atoms with van der Waals surface area (Å²) in [6.45, 7) is 0.153. The summed E-state index contributed by atoms with van der Waals surface area (Å²) in [6.07, 6.45) is -4.56. The minimum Gasteiger partial charge on any atom is -0.383 e. The van der Waals surface area contributed by atoms with Gasteiger partial charge in [-0.15, -0.1) is 11.6 Å². The van der Waals surface area contributed by atoms with Gasteiger partial charge >= 0.3 is 6.18 Å². The van der Waals surface area contributed by atoms with E-state index in [1.807, 2.05) is 0 Å². The van der Waals surface area contributed by atoms with E-state index in [1.165, 1.54) is 7.11 Å². The molecule has 106 valence electrons. The van der Waals surface area contributed by atoms with Crippen LogP contribution in [0.5, 0.6) is 0 Å². The Morgan fingerprint density at radius 2 is 2.11 bits per heavy atom. The van der Waals surface area contributed by atoms with Crippen molar-refractivity contribution in [1.29, 1.82) is 0 Å². The molecule has 0 N–H and O–H groups in total. The summed E-state index contributed by atoms with van der Waals surface area (Å²) in [6, 6.07) is 2.40. The van der Waals surface area contributed by atoms with Gasteiger partial charge in [-0.3, -0.25) is 10.1 Å². The number of ether oxygens (including phenoxy) is 1. The molecule has 0 bridgehead atoms. The maximum Gasteiger partial charge on any atom is 0.416 e. The highest BCUT2D eigenvalue weighted by Gasteiger charge is 2.33. The molecule has 0 heterocycles. The van der Waals surface area contributed by atoms with Gasteiger partial charge in [-0.05, 0) is 12.5 Å². The van der Waals surface area contributed by atoms with Crippen LogP contribution < -0.4 is 0 Å². The third-order valence-electron chi connectivity index (χ3n) is 2.40. The summed E-state index contributed by atoms with van der Waals surface area (Å²) < 4.78 is 42.2. The molecule has 4 nitrogen and oxygen atoms in total. The topological polar surface area (TPSA) is 52.4 Å². The molecule has 8 heteroatoms. The fourth-order valence-corrected chi connectivity index (χ4v) is 1.85. The van der Waals surface area contributed by atoms with E-state index < -0.39 is 27.7 Å². The van der Waals surface area contributed by atoms with E-state index in [1.54, 1.807) is 0 Å². The van der Waals surface area contributed by atoms with Crippen molar-refractivity contribution in [2.24, 2.45) is 0 Å². The average molecular weight is 298 g/mol. The van der Waals surface area contributed by atoms with Gasteiger partial charge < -0.3 is 4.74 Å². The van der Waals surface area contributed by atoms with Gasteiger partial charge in [-0.2, -0.15) is 13.2 Å². The lowest BCUT2D eigenvalue weighted by Crippen LogP contribution is -2.13. The van der Waals surface area contributed by atoms with Crippen molar-refractivity contribution >= 4 is 17.3 Å². The van der Waals surface area contributed by atoms with Crippen LogP contribution in [0, 0.1) is 10.1 Å². The SMILES string of the molecule is COCC(Cl)Cc1ccc(C(F)(F)F)cc1[N+](=O)[O-]. The first kappa shape index (κ1) is 15.7. The second-order valence-corrected chi connectivity index (χ2v) is 4.47. The highest BCUT2D eigenvalue weighted by Crippen LogP contribution is 2.33. The van der Waals surface area contributed by atoms with Crippen molar-refractivity contribution in [2.45, 2.75) is 18.0 Å². The smallest absolute Gasteiger partial charge is 0.383 e. The van der Waals surface area contributed by atoms with Crippen LogP contribution in [-0.4, -0.2) is 24.0 Å². The van der Waals surface area contributed by atoms with E-state index in [0.717, 1.165) is 12.1 Å². The third kappa shape index (κ3) is 4.36. The van der Waals surface area contributed by atoms with Crippen LogP contribution in [-0.2, 0) is 17.3 Å². The summed E-state index contributed by atoms with van der Waals surface area (Å²) in [7, 11) is 1.41. The number of nitro benzene ring substituents is 1. The van der Waals surface area contributed by atoms with E-state index in [2.05, 4.69) is 0 Å². The molecule has 1 rings (SSSR count). The molecule has 0 spiro atoms. The summed E-state index contributed by atoms with van der Waals surface area (Å²) in [4.78, 5) is 9.96. The van der Waals surface area contributed by atoms with Crippen LogP contribution in [0.1, 0.15) is 11.1 Å². The Morgan fingerprint density at radius 3 is 2.58 bits per heavy atom. The monoisotopic (exact) mass is 297 g/mol. The van der Waals surface area contributed by atoms with Crippen LogP contribution in [0.2, 0.25) is 0 Å². The molecule has 0 saturated heterocycles. The zero-order valence-electron chi connectivity index (χ0n) is 9.91. The Balaban J connectivity index is 3.09. The van der Waals surface area contributed by atoms with E-state index in [-0.39, 0.29) is 18.6 Å². The van der Waals surface area contributed by atoms with Crippen molar-refractivity contribution < 1.29 is 22.8 Å². The molecule has 0 radical (unpaired) electrons. The molecule has 0 amide bonds. The second kappa shape index (κ2) is 6.21. The Kier molecular flexibility index (Phi) is 5.13. The maximum atomic E-state index is 12.5. The van der Waals surface area contributed by atoms with Gasteiger partial charge in [0.25, 0.3) is 5.69 Å². The summed E-state index contributed by atoms with van der Waals surface area (Å²) in [5.41, 5.74) is -1.49. The first-order valence-electron chi connectivity index (χ1n) is 5.23. The van der Waals surface area contributed by atoms with Gasteiger partial charge in [0.05, 0.1) is 22.5 Å². The van der Waals surface area contributed by atoms with E-state index in [0.29, 0.717) is 6.07 Å². The van der Waals surface area contributed by atoms with Gasteiger partial charge in [0.15, 0.2) is 0 Å². The molecule has 1 atom stereocenters. The van der Waals surface area contributed by atoms with Gasteiger partial charge in [0.2, 0.25) is 0 Å². The highest BCUT2D eigenvalue weighted by molar-refractivity contribution is 6.20. The van der Waals surface area contributed by atoms with Gasteiger partial charge in [0.1, 0.15) is 0 Å². The minimum atomic E-state index is -4.61. The fourth-order valence-electron chi connectivity index (χ4n) is 1.56. The molecule has 1 aromatic rings. The molecule has 1 aromatic carbocycles. The third-order valence-corrected chi connectivity index (χ3v) is 2.68. The number of nitro groups is 1. The molecular formula is C11H11ClF3NO3. The van der Waals surface area contributed by atoms with Gasteiger partial charge in [0, 0.05) is 18.7 Å². The summed E-state index contributed by atoms with van der Waals surface area (Å²) >= 11 is 5.85. The fraction of sp³-hybridized carbons (Fsp3) is 0.455. The molecule has 19 heavy (non-hydrogen) atoms. The Labute approximate surface area is 112 Å². The number of rotatable bonds is 5. The highest BCUT2D eigenvalue weighted by atomic mass is 35.5. The number of alkyl halides is 4. The largest absolute Gasteiger partial charge is 0.416 e. The first-order chi connectivity index (χ1) is 8.75. The molecular weight excluding hydrogens is 287 g/mol. The van der Waals surface area contributed by atoms with Crippen LogP contribution in [0.15, 0.2) is 18.2 Å². The first-order valence-corrected chi connectivity index (χ1v) is 5.67. The van der Waals surface area contributed by atoms with Crippen molar-refractivity contribution in [3.8, 4) is 0 Å². The lowest BCUT2D eigenvalue weighted by molar-refractivity contribution is -0.385. The van der Waals surface area contributed by atoms with Crippen LogP contribution in [0.3, 0.4) is 0 Å². The van der Waals surface area contributed by atoms with Crippen LogP contribution in [0.25, 0.3) is 0 Å². The molecule has 0 aromatic heterocycles. The standard InChI is InChI=1S/C11H11ClF3NO3/c1-19-6-9(12)4-7-2-3-8(11(13,14)15)5-10(7)16(17)18/h2-3,5,9H,4,6H2,1H3. The number of hydrogen-bond donors (Lipinski definition) is 0. The van der Waals surface area contributed by atoms with E-state index in [4.69, 9.17) is 16.3 Å². The zero-order valence-corrected chi connectivity index (χ0v) is 10.7. The number of methoxy groups -OCH3 is 1. The molecule has 0 aliphatic heterocycles. The van der Waals surface area contributed by atoms with Gasteiger partial charge in [-0.25, -0.2) is 0 Å². The maximum absolute atomic E-state index is 12.5. The minimum absolute atomic E-state index is 0.0594. The van der Waals surface area contributed by atoms with Crippen molar-refractivity contribution in [3.05, 3.63) is 39.4 Å². The van der Waals surface area contributed by atoms with Crippen LogP contribution >= 0.6 is 11.6 Å². The van der Waals surface area contributed by atoms with Crippen molar-refractivity contribution in [1.82, 2.24) is 0 Å². The molecule has 0 saturated carbocycles. The number of halogens is 4. The average Bonchev–Trinajstić information content (AvgIpc) is 2.27. The Bertz CT molecular complexity index is 465. The lowest BCUT2D eigenvalue weighted by atomic mass is 10.0. The second-order valence-electron chi connectivity index (χ2n) is 3.86. The summed E-state index contributed by atoms with van der Waals surface area (Å²) in [5.74, 6) is 0. The Morgan fingerprint density at radius 1 is 1.47 bits per heavy atom. The van der Waals surface area contributed by atoms with Gasteiger partial charge in [-0.1, -0.05) is 6.07 Å². The van der Waals surface area contributed by atoms with Crippen molar-refractivity contribution in [3.63, 3.8) is 0 Å². The zero-order chi connectivity index (χ0) is 14.6. The van der Waals surface area contributed by atoms with E-state index in [9.17, 15) is 23.3 Å². The molecule has 0 fully saturated rings. The number of benzene rings is 1. The van der Waals surface area contributed by atoms with Crippen molar-refractivity contribution in [2.75, 3.05) is 13.7 Å². The predicted octanol–water partition coefficient (Wildman–Crippen LogP) is 3.41. The number of nitrogens with zero attached hydrogens (tertiary/aromatic N) is 1. The molecule has 1 unspecified atom stereocenters. The van der Waals surface area contributed by atoms with E-state index >= 15 is 0 Å². The number of hydrogen-bond acceptors (Lipinski definition) is 3. The summed E-state index contributed by atoms with van der Waals surface area (Å²) in [5, 5.41) is 10.3. The lowest BCUT2D eigenvalue weighted by Gasteiger charge is -2.11. The molecule has 0 aliphatic carbocycles.